The first-order chi connectivity index (χ1) is 15.8. The van der Waals surface area contributed by atoms with Crippen molar-refractivity contribution in [2.75, 3.05) is 0 Å². The van der Waals surface area contributed by atoms with Gasteiger partial charge in [0.15, 0.2) is 0 Å². The molecule has 2 aliphatic heterocycles. The van der Waals surface area contributed by atoms with E-state index in [2.05, 4.69) is 4.98 Å². The Kier molecular flexibility index (Phi) is 5.02. The minimum atomic E-state index is -0.820. The van der Waals surface area contributed by atoms with Gasteiger partial charge in [0, 0.05) is 23.4 Å². The van der Waals surface area contributed by atoms with Crippen molar-refractivity contribution >= 4 is 39.3 Å². The third kappa shape index (κ3) is 3.31. The standard InChI is InChI=1S/C22H20N4O6S/c1-11-20(33-17-8-23-10-24(11)17)15-7-16-18(12(2)27)21(28)25(16)19(15)22(29)32-9-13-3-5-14(6-4-13)26(30)31/h3-6,8,10,12,16,18,27H,7,9H2,1-2H3/t12-,16-,18-/m1/s1. The predicted molar refractivity (Wildman–Crippen MR) is 118 cm³/mol. The lowest BCUT2D eigenvalue weighted by atomic mass is 9.83. The summed E-state index contributed by atoms with van der Waals surface area (Å²) in [6.45, 7) is 3.42. The lowest BCUT2D eigenvalue weighted by Gasteiger charge is -2.44. The highest BCUT2D eigenvalue weighted by molar-refractivity contribution is 7.18. The summed E-state index contributed by atoms with van der Waals surface area (Å²) < 4.78 is 7.45. The molecule has 1 saturated heterocycles. The number of hydrogen-bond acceptors (Lipinski definition) is 8. The Balaban J connectivity index is 1.46. The molecule has 2 aliphatic rings. The minimum Gasteiger partial charge on any atom is -0.456 e. The van der Waals surface area contributed by atoms with E-state index in [1.807, 2.05) is 11.3 Å². The number of hydrogen-bond donors (Lipinski definition) is 1. The number of nitro groups is 1. The fourth-order valence-electron chi connectivity index (χ4n) is 4.57. The minimum absolute atomic E-state index is 0.0527. The fraction of sp³-hybridized carbons (Fsp3) is 0.318. The van der Waals surface area contributed by atoms with Crippen molar-refractivity contribution in [2.45, 2.75) is 39.0 Å². The molecule has 1 N–H and O–H groups in total. The maximum atomic E-state index is 13.2. The van der Waals surface area contributed by atoms with Crippen LogP contribution in [0.4, 0.5) is 5.69 Å². The summed E-state index contributed by atoms with van der Waals surface area (Å²) in [5, 5.41) is 20.9. The highest BCUT2D eigenvalue weighted by Crippen LogP contribution is 2.49. The molecule has 10 nitrogen and oxygen atoms in total. The van der Waals surface area contributed by atoms with Crippen LogP contribution < -0.4 is 0 Å². The van der Waals surface area contributed by atoms with Gasteiger partial charge in [-0.3, -0.25) is 19.3 Å². The van der Waals surface area contributed by atoms with Gasteiger partial charge >= 0.3 is 5.97 Å². The lowest BCUT2D eigenvalue weighted by molar-refractivity contribution is -0.384. The van der Waals surface area contributed by atoms with Gasteiger partial charge in [-0.15, -0.1) is 11.3 Å². The van der Waals surface area contributed by atoms with Crippen molar-refractivity contribution in [1.82, 2.24) is 14.3 Å². The molecular weight excluding hydrogens is 448 g/mol. The number of esters is 1. The molecule has 0 unspecified atom stereocenters. The maximum absolute atomic E-state index is 13.2. The van der Waals surface area contributed by atoms with Crippen molar-refractivity contribution < 1.29 is 24.4 Å². The molecule has 2 aromatic heterocycles. The Hall–Kier alpha value is -3.57. The van der Waals surface area contributed by atoms with Crippen LogP contribution in [0.15, 0.2) is 42.5 Å². The molecular formula is C22H20N4O6S. The zero-order valence-corrected chi connectivity index (χ0v) is 18.6. The number of aliphatic hydroxyl groups excluding tert-OH is 1. The summed E-state index contributed by atoms with van der Waals surface area (Å²) in [7, 11) is 0. The van der Waals surface area contributed by atoms with Crippen molar-refractivity contribution in [3.8, 4) is 0 Å². The summed E-state index contributed by atoms with van der Waals surface area (Å²) in [5.41, 5.74) is 2.37. The van der Waals surface area contributed by atoms with Crippen LogP contribution >= 0.6 is 11.3 Å². The first kappa shape index (κ1) is 21.3. The molecule has 0 bridgehead atoms. The van der Waals surface area contributed by atoms with E-state index >= 15 is 0 Å². The van der Waals surface area contributed by atoms with E-state index in [1.54, 1.807) is 19.4 Å². The zero-order valence-electron chi connectivity index (χ0n) is 17.8. The van der Waals surface area contributed by atoms with Crippen LogP contribution in [0.1, 0.15) is 29.5 Å². The number of fused-ring (bicyclic) bond motifs is 2. The average molecular weight is 468 g/mol. The summed E-state index contributed by atoms with van der Waals surface area (Å²) in [6.07, 6.45) is 3.06. The monoisotopic (exact) mass is 468 g/mol. The SMILES string of the molecule is Cc1c(C2=C(C(=O)OCc3ccc([N+](=O)[O-])cc3)N3C(=O)[C@H]([C@@H](C)O)[C@H]3C2)sc2cncn12. The van der Waals surface area contributed by atoms with Gasteiger partial charge < -0.3 is 14.7 Å². The van der Waals surface area contributed by atoms with E-state index in [0.29, 0.717) is 12.0 Å². The molecule has 1 amide bonds. The molecule has 33 heavy (non-hydrogen) atoms. The van der Waals surface area contributed by atoms with Crippen LogP contribution in [0.2, 0.25) is 0 Å². The summed E-state index contributed by atoms with van der Waals surface area (Å²) >= 11 is 1.48. The second-order valence-corrected chi connectivity index (χ2v) is 9.22. The number of amides is 1. The zero-order chi connectivity index (χ0) is 23.4. The van der Waals surface area contributed by atoms with Crippen molar-refractivity contribution in [2.24, 2.45) is 5.92 Å². The molecule has 3 aromatic rings. The number of carbonyl (C=O) groups is 2. The van der Waals surface area contributed by atoms with Gasteiger partial charge in [0.05, 0.1) is 34.1 Å². The normalized spacial score (nSPS) is 20.7. The quantitative estimate of drug-likeness (QED) is 0.255. The van der Waals surface area contributed by atoms with Gasteiger partial charge in [-0.05, 0) is 38.0 Å². The maximum Gasteiger partial charge on any atom is 0.355 e. The largest absolute Gasteiger partial charge is 0.456 e. The topological polar surface area (TPSA) is 127 Å². The summed E-state index contributed by atoms with van der Waals surface area (Å²) in [4.78, 5) is 43.7. The summed E-state index contributed by atoms with van der Waals surface area (Å²) in [6, 6.07) is 5.44. The van der Waals surface area contributed by atoms with Gasteiger partial charge in [0.25, 0.3) is 5.69 Å². The van der Waals surface area contributed by atoms with Crippen LogP contribution in [0.3, 0.4) is 0 Å². The molecule has 5 rings (SSSR count). The number of nitro benzene ring substituents is 1. The first-order valence-corrected chi connectivity index (χ1v) is 11.2. The number of nitrogens with zero attached hydrogens (tertiary/aromatic N) is 4. The van der Waals surface area contributed by atoms with E-state index in [0.717, 1.165) is 21.0 Å². The lowest BCUT2D eigenvalue weighted by Crippen LogP contribution is -2.61. The second kappa shape index (κ2) is 7.78. The van der Waals surface area contributed by atoms with Crippen molar-refractivity contribution in [3.63, 3.8) is 0 Å². The average Bonchev–Trinajstić information content (AvgIpc) is 3.45. The Morgan fingerprint density at radius 3 is 2.76 bits per heavy atom. The van der Waals surface area contributed by atoms with Gasteiger partial charge in [0.1, 0.15) is 23.5 Å². The van der Waals surface area contributed by atoms with E-state index in [4.69, 9.17) is 4.74 Å². The molecule has 4 heterocycles. The van der Waals surface area contributed by atoms with E-state index in [-0.39, 0.29) is 29.9 Å². The Morgan fingerprint density at radius 1 is 1.39 bits per heavy atom. The van der Waals surface area contributed by atoms with E-state index < -0.39 is 22.9 Å². The van der Waals surface area contributed by atoms with Gasteiger partial charge in [-0.2, -0.15) is 0 Å². The second-order valence-electron chi connectivity index (χ2n) is 8.19. The molecule has 11 heteroatoms. The highest BCUT2D eigenvalue weighted by Gasteiger charge is 2.57. The van der Waals surface area contributed by atoms with Gasteiger partial charge in [-0.25, -0.2) is 9.78 Å². The van der Waals surface area contributed by atoms with Crippen LogP contribution in [-0.2, 0) is 20.9 Å². The Labute approximate surface area is 191 Å². The number of ether oxygens (including phenoxy) is 1. The van der Waals surface area contributed by atoms with Gasteiger partial charge in [0.2, 0.25) is 5.91 Å². The third-order valence-corrected chi connectivity index (χ3v) is 7.47. The van der Waals surface area contributed by atoms with Crippen LogP contribution in [0.5, 0.6) is 0 Å². The predicted octanol–water partition coefficient (Wildman–Crippen LogP) is 2.68. The number of rotatable bonds is 6. The molecule has 3 atom stereocenters. The van der Waals surface area contributed by atoms with Crippen LogP contribution in [0.25, 0.3) is 10.4 Å². The number of aryl methyl sites for hydroxylation is 1. The number of aliphatic hydroxyl groups is 1. The summed E-state index contributed by atoms with van der Waals surface area (Å²) in [5.74, 6) is -1.50. The molecule has 0 spiro atoms. The molecule has 170 valence electrons. The third-order valence-electron chi connectivity index (χ3n) is 6.21. The van der Waals surface area contributed by atoms with Crippen LogP contribution in [-0.4, -0.2) is 48.3 Å². The number of imidazole rings is 1. The van der Waals surface area contributed by atoms with Crippen LogP contribution in [0, 0.1) is 23.0 Å². The Morgan fingerprint density at radius 2 is 2.12 bits per heavy atom. The molecule has 0 aliphatic carbocycles. The number of benzene rings is 1. The van der Waals surface area contributed by atoms with E-state index in [1.165, 1.54) is 40.5 Å². The number of non-ortho nitro benzene ring substituents is 1. The number of β-lactam (4-membered cyclic amide) rings is 1. The molecule has 0 radical (unpaired) electrons. The molecule has 1 aromatic carbocycles. The smallest absolute Gasteiger partial charge is 0.355 e. The first-order valence-electron chi connectivity index (χ1n) is 10.3. The van der Waals surface area contributed by atoms with E-state index in [9.17, 15) is 24.8 Å². The van der Waals surface area contributed by atoms with Gasteiger partial charge in [-0.1, -0.05) is 0 Å². The molecule has 0 saturated carbocycles. The number of aromatic nitrogens is 2. The number of thiazole rings is 1. The highest BCUT2D eigenvalue weighted by atomic mass is 32.1. The van der Waals surface area contributed by atoms with Crippen molar-refractivity contribution in [3.05, 3.63) is 68.7 Å². The van der Waals surface area contributed by atoms with Crippen molar-refractivity contribution in [1.29, 1.82) is 0 Å². The molecule has 1 fully saturated rings. The Bertz CT molecular complexity index is 1320. The fourth-order valence-corrected chi connectivity index (χ4v) is 5.73. The number of carbonyl (C=O) groups excluding carboxylic acids is 2.